The minimum Gasteiger partial charge on any atom is -0.493 e. The first kappa shape index (κ1) is 33.1. The van der Waals surface area contributed by atoms with Gasteiger partial charge >= 0.3 is 24.4 Å². The van der Waals surface area contributed by atoms with Gasteiger partial charge in [0.05, 0.1) is 30.5 Å². The summed E-state index contributed by atoms with van der Waals surface area (Å²) in [4.78, 5) is 23.9. The Morgan fingerprint density at radius 1 is 1.02 bits per heavy atom. The topological polar surface area (TPSA) is 100 Å². The van der Waals surface area contributed by atoms with Crippen LogP contribution in [0.25, 0.3) is 0 Å². The number of carbonyl (C=O) groups excluding carboxylic acids is 1. The molecule has 15 heteroatoms. The first-order valence-corrected chi connectivity index (χ1v) is 13.1. The highest BCUT2D eigenvalue weighted by molar-refractivity contribution is 6.33. The Bertz CT molecular complexity index is 1290. The number of benzene rings is 2. The van der Waals surface area contributed by atoms with Crippen molar-refractivity contribution < 1.29 is 50.5 Å². The predicted octanol–water partition coefficient (Wildman–Crippen LogP) is 6.33. The average Bonchev–Trinajstić information content (AvgIpc) is 3.25. The number of aliphatic carboxylic acids is 1. The van der Waals surface area contributed by atoms with Crippen LogP contribution < -0.4 is 20.1 Å². The third-order valence-corrected chi connectivity index (χ3v) is 7.92. The van der Waals surface area contributed by atoms with Gasteiger partial charge in [0.15, 0.2) is 11.5 Å². The monoisotopic (exact) mass is 625 g/mol. The maximum Gasteiger partial charge on any atom is 0.490 e. The molecule has 1 aliphatic carbocycles. The van der Waals surface area contributed by atoms with Crippen LogP contribution in [0.5, 0.6) is 11.5 Å². The first-order chi connectivity index (χ1) is 19.5. The van der Waals surface area contributed by atoms with Crippen molar-refractivity contribution in [2.75, 3.05) is 33.1 Å². The lowest BCUT2D eigenvalue weighted by Gasteiger charge is -2.45. The quantitative estimate of drug-likeness (QED) is 0.336. The number of urea groups is 1. The second-order valence-electron chi connectivity index (χ2n) is 10.0. The Hall–Kier alpha value is -3.39. The fourth-order valence-electron chi connectivity index (χ4n) is 5.53. The lowest BCUT2D eigenvalue weighted by Crippen LogP contribution is -2.52. The molecule has 0 aromatic heterocycles. The molecule has 0 bridgehead atoms. The fraction of sp³-hybridized carbons (Fsp3) is 0.481. The van der Waals surface area contributed by atoms with Gasteiger partial charge in [0.2, 0.25) is 0 Å². The van der Waals surface area contributed by atoms with E-state index in [1.165, 1.54) is 11.6 Å². The van der Waals surface area contributed by atoms with Crippen molar-refractivity contribution in [1.82, 2.24) is 10.2 Å². The van der Waals surface area contributed by atoms with Crippen molar-refractivity contribution in [2.45, 2.75) is 55.5 Å². The predicted molar refractivity (Wildman–Crippen MR) is 142 cm³/mol. The summed E-state index contributed by atoms with van der Waals surface area (Å²) in [5.41, 5.74) is 0.408. The number of likely N-dealkylation sites (tertiary alicyclic amines) is 1. The Morgan fingerprint density at radius 2 is 1.67 bits per heavy atom. The number of ether oxygens (including phenoxy) is 2. The summed E-state index contributed by atoms with van der Waals surface area (Å²) in [7, 11) is 5.33. The van der Waals surface area contributed by atoms with E-state index in [0.29, 0.717) is 11.5 Å². The second-order valence-corrected chi connectivity index (χ2v) is 10.4. The van der Waals surface area contributed by atoms with Crippen molar-refractivity contribution in [3.63, 3.8) is 0 Å². The van der Waals surface area contributed by atoms with Crippen LogP contribution in [-0.2, 0) is 16.4 Å². The van der Waals surface area contributed by atoms with E-state index < -0.39 is 29.9 Å². The Balaban J connectivity index is 0.000000616. The van der Waals surface area contributed by atoms with E-state index in [1.807, 2.05) is 6.07 Å². The van der Waals surface area contributed by atoms with Gasteiger partial charge in [0.1, 0.15) is 0 Å². The highest BCUT2D eigenvalue weighted by Crippen LogP contribution is 2.50. The van der Waals surface area contributed by atoms with Crippen molar-refractivity contribution in [3.8, 4) is 11.5 Å². The van der Waals surface area contributed by atoms with Gasteiger partial charge in [0, 0.05) is 17.5 Å². The number of amides is 2. The number of carboxylic acids is 1. The number of likely N-dealkylation sites (N-methyl/N-ethyl adjacent to an activating group) is 1. The third kappa shape index (κ3) is 7.51. The molecular formula is C27H30ClF6N3O5. The fourth-order valence-corrected chi connectivity index (χ4v) is 5.76. The van der Waals surface area contributed by atoms with E-state index in [9.17, 15) is 31.1 Å². The first-order valence-electron chi connectivity index (χ1n) is 12.7. The van der Waals surface area contributed by atoms with Crippen LogP contribution >= 0.6 is 11.6 Å². The Morgan fingerprint density at radius 3 is 2.21 bits per heavy atom. The number of hydrogen-bond acceptors (Lipinski definition) is 5. The van der Waals surface area contributed by atoms with Crippen molar-refractivity contribution in [1.29, 1.82) is 0 Å². The lowest BCUT2D eigenvalue weighted by atomic mass is 9.65. The molecule has 42 heavy (non-hydrogen) atoms. The molecule has 1 heterocycles. The third-order valence-electron chi connectivity index (χ3n) is 7.61. The summed E-state index contributed by atoms with van der Waals surface area (Å²) >= 11 is 5.98. The minimum atomic E-state index is -5.08. The number of alkyl halides is 6. The molecule has 2 aromatic rings. The summed E-state index contributed by atoms with van der Waals surface area (Å²) in [6.07, 6.45) is -6.18. The summed E-state index contributed by atoms with van der Waals surface area (Å²) in [6.45, 7) is 0.944. The summed E-state index contributed by atoms with van der Waals surface area (Å²) in [6, 6.07) is 8.60. The molecule has 232 valence electrons. The van der Waals surface area contributed by atoms with Crippen LogP contribution in [0.3, 0.4) is 0 Å². The molecule has 2 aliphatic rings. The number of halogens is 7. The van der Waals surface area contributed by atoms with Gasteiger partial charge in [-0.1, -0.05) is 17.7 Å². The van der Waals surface area contributed by atoms with Crippen LogP contribution in [-0.4, -0.2) is 68.1 Å². The maximum absolute atomic E-state index is 12.9. The molecule has 0 spiro atoms. The van der Waals surface area contributed by atoms with Crippen LogP contribution in [0.15, 0.2) is 36.4 Å². The number of carboxylic acid groups (broad SMARTS) is 1. The van der Waals surface area contributed by atoms with Crippen LogP contribution in [0.4, 0.5) is 36.8 Å². The zero-order valence-corrected chi connectivity index (χ0v) is 23.6. The number of hydrogen-bond donors (Lipinski definition) is 3. The van der Waals surface area contributed by atoms with Gasteiger partial charge < -0.3 is 30.1 Å². The molecule has 3 N–H and O–H groups in total. The molecule has 1 saturated carbocycles. The van der Waals surface area contributed by atoms with Gasteiger partial charge in [0.25, 0.3) is 0 Å². The number of nitrogens with one attached hydrogen (secondary N) is 2. The largest absolute Gasteiger partial charge is 0.493 e. The van der Waals surface area contributed by atoms with E-state index in [1.54, 1.807) is 14.2 Å². The molecule has 3 atom stereocenters. The number of fused-ring (bicyclic) bond motifs is 1. The van der Waals surface area contributed by atoms with E-state index in [2.05, 4.69) is 34.7 Å². The molecule has 8 nitrogen and oxygen atoms in total. The van der Waals surface area contributed by atoms with Gasteiger partial charge in [-0.2, -0.15) is 26.3 Å². The molecule has 1 saturated heterocycles. The summed E-state index contributed by atoms with van der Waals surface area (Å²) in [5.74, 6) is -1.38. The number of methoxy groups -OCH3 is 2. The van der Waals surface area contributed by atoms with E-state index >= 15 is 0 Å². The van der Waals surface area contributed by atoms with Crippen LogP contribution in [0, 0.1) is 0 Å². The van der Waals surface area contributed by atoms with Crippen molar-refractivity contribution in [2.24, 2.45) is 0 Å². The van der Waals surface area contributed by atoms with Crippen LogP contribution in [0.1, 0.15) is 36.8 Å². The van der Waals surface area contributed by atoms with E-state index in [-0.39, 0.29) is 28.2 Å². The number of anilines is 1. The normalized spacial score (nSPS) is 22.3. The van der Waals surface area contributed by atoms with Crippen molar-refractivity contribution in [3.05, 3.63) is 52.5 Å². The standard InChI is InChI=1S/C25H29ClF3N3O3.C2HF3O2/c1-32-11-10-24(15-5-7-20(34-2)21(13-15)35-3)9-8-17(14-22(24)32)30-23(33)31-19-6-4-16(12-18(19)26)25(27,28)29;3-2(4,5)1(6)7/h4-7,12-13,17,22H,8-11,14H2,1-3H3,(H2,30,31,33);(H,6,7)/t17-,22+,24+;/m1./s1. The smallest absolute Gasteiger partial charge is 0.490 e. The van der Waals surface area contributed by atoms with E-state index in [4.69, 9.17) is 31.0 Å². The highest BCUT2D eigenvalue weighted by Gasteiger charge is 2.50. The van der Waals surface area contributed by atoms with Gasteiger partial charge in [-0.05, 0) is 75.2 Å². The molecule has 0 radical (unpaired) electrons. The van der Waals surface area contributed by atoms with Gasteiger partial charge in [-0.3, -0.25) is 0 Å². The minimum absolute atomic E-state index is 0.0559. The zero-order chi connectivity index (χ0) is 31.5. The highest BCUT2D eigenvalue weighted by atomic mass is 35.5. The van der Waals surface area contributed by atoms with Gasteiger partial charge in [-0.15, -0.1) is 0 Å². The van der Waals surface area contributed by atoms with E-state index in [0.717, 1.165) is 44.4 Å². The molecule has 2 amide bonds. The second kappa shape index (κ2) is 12.9. The molecule has 2 aromatic carbocycles. The zero-order valence-electron chi connectivity index (χ0n) is 22.8. The molecular weight excluding hydrogens is 596 g/mol. The number of carbonyl (C=O) groups is 2. The van der Waals surface area contributed by atoms with Crippen LogP contribution in [0.2, 0.25) is 5.02 Å². The lowest BCUT2D eigenvalue weighted by molar-refractivity contribution is -0.192. The number of rotatable bonds is 5. The SMILES string of the molecule is COc1ccc([C@@]23CC[C@@H](NC(=O)Nc4ccc(C(F)(F)F)cc4Cl)C[C@@H]2N(C)CC3)cc1OC.O=C(O)C(F)(F)F. The molecule has 4 rings (SSSR count). The average molecular weight is 626 g/mol. The Labute approximate surface area is 242 Å². The summed E-state index contributed by atoms with van der Waals surface area (Å²) in [5, 5.41) is 12.5. The Kier molecular flexibility index (Phi) is 10.1. The molecule has 2 fully saturated rings. The number of nitrogens with zero attached hydrogens (tertiary/aromatic N) is 1. The summed E-state index contributed by atoms with van der Waals surface area (Å²) < 4.78 is 81.3. The molecule has 1 aliphatic heterocycles. The molecule has 0 unspecified atom stereocenters. The van der Waals surface area contributed by atoms with Gasteiger partial charge in [-0.25, -0.2) is 9.59 Å². The van der Waals surface area contributed by atoms with Crippen molar-refractivity contribution >= 4 is 29.3 Å². The maximum atomic E-state index is 12.9.